The van der Waals surface area contributed by atoms with E-state index in [4.69, 9.17) is 0 Å². The van der Waals surface area contributed by atoms with Gasteiger partial charge in [0.2, 0.25) is 12.8 Å². The lowest BCUT2D eigenvalue weighted by Crippen LogP contribution is -1.97. The number of benzene rings is 2. The van der Waals surface area contributed by atoms with E-state index in [1.807, 2.05) is 24.3 Å². The maximum absolute atomic E-state index is 10.4. The predicted octanol–water partition coefficient (Wildman–Crippen LogP) is 1.98. The minimum Gasteiger partial charge on any atom is -0.328 e. The number of amides is 2. The van der Waals surface area contributed by atoms with Gasteiger partial charge in [0.25, 0.3) is 0 Å². The van der Waals surface area contributed by atoms with Gasteiger partial charge in [-0.3, -0.25) is 9.59 Å². The molecule has 0 saturated heterocycles. The van der Waals surface area contributed by atoms with Gasteiger partial charge in [-0.25, -0.2) is 0 Å². The second-order valence-corrected chi connectivity index (χ2v) is 3.23. The monoisotopic (exact) mass is 214 g/mol. The Morgan fingerprint density at radius 2 is 1.19 bits per heavy atom. The fraction of sp³-hybridized carbons (Fsp3) is 0. The van der Waals surface area contributed by atoms with Crippen molar-refractivity contribution in [2.24, 2.45) is 0 Å². The molecular weight excluding hydrogens is 204 g/mol. The van der Waals surface area contributed by atoms with Crippen LogP contribution in [0.5, 0.6) is 0 Å². The van der Waals surface area contributed by atoms with Crippen molar-refractivity contribution in [3.63, 3.8) is 0 Å². The van der Waals surface area contributed by atoms with Crippen LogP contribution < -0.4 is 10.6 Å². The van der Waals surface area contributed by atoms with Crippen LogP contribution in [-0.4, -0.2) is 12.8 Å². The largest absolute Gasteiger partial charge is 0.328 e. The summed E-state index contributed by atoms with van der Waals surface area (Å²) in [7, 11) is 0. The van der Waals surface area contributed by atoms with E-state index in [0.29, 0.717) is 12.8 Å². The highest BCUT2D eigenvalue weighted by atomic mass is 16.1. The molecule has 0 aliphatic heterocycles. The molecule has 2 amide bonds. The summed E-state index contributed by atoms with van der Waals surface area (Å²) in [5.41, 5.74) is 1.45. The number of carbonyl (C=O) groups is 2. The van der Waals surface area contributed by atoms with Crippen LogP contribution in [0.4, 0.5) is 11.4 Å². The Balaban J connectivity index is 2.65. The summed E-state index contributed by atoms with van der Waals surface area (Å²) in [6.07, 6.45) is 1.27. The molecule has 0 fully saturated rings. The first-order valence-electron chi connectivity index (χ1n) is 4.79. The molecule has 80 valence electrons. The maximum atomic E-state index is 10.4. The van der Waals surface area contributed by atoms with Gasteiger partial charge in [-0.2, -0.15) is 0 Å². The zero-order valence-electron chi connectivity index (χ0n) is 8.44. The van der Waals surface area contributed by atoms with Crippen molar-refractivity contribution in [3.05, 3.63) is 36.4 Å². The molecular formula is C12H10N2O2. The molecule has 0 atom stereocenters. The van der Waals surface area contributed by atoms with Crippen molar-refractivity contribution in [1.82, 2.24) is 0 Å². The third-order valence-electron chi connectivity index (χ3n) is 2.35. The maximum Gasteiger partial charge on any atom is 0.211 e. The van der Waals surface area contributed by atoms with Crippen molar-refractivity contribution in [1.29, 1.82) is 0 Å². The highest BCUT2D eigenvalue weighted by Gasteiger charge is 2.03. The summed E-state index contributed by atoms with van der Waals surface area (Å²) >= 11 is 0. The summed E-state index contributed by atoms with van der Waals surface area (Å²) in [6.45, 7) is 0. The Labute approximate surface area is 92.3 Å². The average Bonchev–Trinajstić information content (AvgIpc) is 2.31. The van der Waals surface area contributed by atoms with E-state index in [0.717, 1.165) is 22.1 Å². The Hall–Kier alpha value is -2.36. The van der Waals surface area contributed by atoms with Crippen LogP contribution in [0.1, 0.15) is 0 Å². The number of hydrogen-bond acceptors (Lipinski definition) is 2. The van der Waals surface area contributed by atoms with Crippen molar-refractivity contribution in [2.75, 3.05) is 10.6 Å². The van der Waals surface area contributed by atoms with Gasteiger partial charge >= 0.3 is 0 Å². The second kappa shape index (κ2) is 4.44. The first-order valence-corrected chi connectivity index (χ1v) is 4.79. The number of carbonyl (C=O) groups excluding carboxylic acids is 2. The fourth-order valence-electron chi connectivity index (χ4n) is 1.69. The molecule has 0 aliphatic rings. The first-order chi connectivity index (χ1) is 7.86. The molecule has 0 heterocycles. The predicted molar refractivity (Wildman–Crippen MR) is 63.3 cm³/mol. The van der Waals surface area contributed by atoms with E-state index in [1.165, 1.54) is 0 Å². The van der Waals surface area contributed by atoms with Crippen molar-refractivity contribution in [2.45, 2.75) is 0 Å². The van der Waals surface area contributed by atoms with Crippen LogP contribution in [0.25, 0.3) is 10.8 Å². The number of fused-ring (bicyclic) bond motifs is 1. The van der Waals surface area contributed by atoms with Crippen LogP contribution >= 0.6 is 0 Å². The van der Waals surface area contributed by atoms with Crippen molar-refractivity contribution in [3.8, 4) is 0 Å². The van der Waals surface area contributed by atoms with Gasteiger partial charge in [0.1, 0.15) is 0 Å². The standard InChI is InChI=1S/C12H10N2O2/c15-7-13-11-5-1-3-9-10(11)4-2-6-12(9)14-8-16/h1-8H,(H,13,15)(H,14,16). The summed E-state index contributed by atoms with van der Waals surface area (Å²) in [4.78, 5) is 20.9. The first kappa shape index (κ1) is 10.2. The van der Waals surface area contributed by atoms with E-state index in [9.17, 15) is 9.59 Å². The highest BCUT2D eigenvalue weighted by molar-refractivity contribution is 6.05. The molecule has 2 aromatic carbocycles. The normalized spacial score (nSPS) is 9.75. The third kappa shape index (κ3) is 1.72. The molecule has 2 N–H and O–H groups in total. The molecule has 4 heteroatoms. The zero-order chi connectivity index (χ0) is 11.4. The van der Waals surface area contributed by atoms with Gasteiger partial charge in [0, 0.05) is 22.1 Å². The number of rotatable bonds is 4. The number of hydrogen-bond donors (Lipinski definition) is 2. The van der Waals surface area contributed by atoms with Gasteiger partial charge in [0.15, 0.2) is 0 Å². The molecule has 0 aromatic heterocycles. The topological polar surface area (TPSA) is 58.2 Å². The van der Waals surface area contributed by atoms with Crippen LogP contribution in [0.3, 0.4) is 0 Å². The molecule has 0 bridgehead atoms. The van der Waals surface area contributed by atoms with E-state index >= 15 is 0 Å². The third-order valence-corrected chi connectivity index (χ3v) is 2.35. The number of anilines is 2. The molecule has 0 unspecified atom stereocenters. The second-order valence-electron chi connectivity index (χ2n) is 3.23. The molecule has 2 rings (SSSR count). The summed E-state index contributed by atoms with van der Waals surface area (Å²) in [5, 5.41) is 7.03. The fourth-order valence-corrected chi connectivity index (χ4v) is 1.69. The SMILES string of the molecule is O=CNc1cccc2c(NC=O)cccc12. The Bertz CT molecular complexity index is 488. The minimum atomic E-state index is 0.634. The zero-order valence-corrected chi connectivity index (χ0v) is 8.44. The Morgan fingerprint density at radius 1 is 0.750 bits per heavy atom. The molecule has 4 nitrogen and oxygen atoms in total. The van der Waals surface area contributed by atoms with Gasteiger partial charge in [0.05, 0.1) is 0 Å². The lowest BCUT2D eigenvalue weighted by molar-refractivity contribution is -0.106. The molecule has 0 saturated carbocycles. The van der Waals surface area contributed by atoms with E-state index in [2.05, 4.69) is 10.6 Å². The number of nitrogens with one attached hydrogen (secondary N) is 2. The lowest BCUT2D eigenvalue weighted by Gasteiger charge is -2.08. The van der Waals surface area contributed by atoms with Crippen molar-refractivity contribution < 1.29 is 9.59 Å². The Kier molecular flexibility index (Phi) is 2.82. The van der Waals surface area contributed by atoms with E-state index < -0.39 is 0 Å². The molecule has 0 spiro atoms. The molecule has 16 heavy (non-hydrogen) atoms. The molecule has 2 aromatic rings. The van der Waals surface area contributed by atoms with Crippen LogP contribution in [-0.2, 0) is 9.59 Å². The summed E-state index contributed by atoms with van der Waals surface area (Å²) in [5.74, 6) is 0. The van der Waals surface area contributed by atoms with Gasteiger partial charge in [-0.05, 0) is 12.1 Å². The van der Waals surface area contributed by atoms with Crippen LogP contribution in [0, 0.1) is 0 Å². The Morgan fingerprint density at radius 3 is 1.56 bits per heavy atom. The van der Waals surface area contributed by atoms with Crippen LogP contribution in [0.15, 0.2) is 36.4 Å². The lowest BCUT2D eigenvalue weighted by atomic mass is 10.1. The van der Waals surface area contributed by atoms with Crippen LogP contribution in [0.2, 0.25) is 0 Å². The van der Waals surface area contributed by atoms with Gasteiger partial charge in [-0.1, -0.05) is 24.3 Å². The highest BCUT2D eigenvalue weighted by Crippen LogP contribution is 2.28. The van der Waals surface area contributed by atoms with E-state index in [1.54, 1.807) is 12.1 Å². The van der Waals surface area contributed by atoms with Gasteiger partial charge in [-0.15, -0.1) is 0 Å². The quantitative estimate of drug-likeness (QED) is 0.764. The summed E-state index contributed by atoms with van der Waals surface area (Å²) < 4.78 is 0. The van der Waals surface area contributed by atoms with Gasteiger partial charge < -0.3 is 10.6 Å². The minimum absolute atomic E-state index is 0.634. The average molecular weight is 214 g/mol. The summed E-state index contributed by atoms with van der Waals surface area (Å²) in [6, 6.07) is 11.0. The molecule has 0 aliphatic carbocycles. The van der Waals surface area contributed by atoms with E-state index in [-0.39, 0.29) is 0 Å². The van der Waals surface area contributed by atoms with Crippen molar-refractivity contribution >= 4 is 35.0 Å². The smallest absolute Gasteiger partial charge is 0.211 e. The molecule has 0 radical (unpaired) electrons.